The summed E-state index contributed by atoms with van der Waals surface area (Å²) in [7, 11) is 4.73. The maximum absolute atomic E-state index is 14.2. The van der Waals surface area contributed by atoms with Crippen molar-refractivity contribution in [2.45, 2.75) is 13.0 Å². The highest BCUT2D eigenvalue weighted by Crippen LogP contribution is 2.38. The molecule has 42 heavy (non-hydrogen) atoms. The van der Waals surface area contributed by atoms with Crippen LogP contribution in [0.3, 0.4) is 0 Å². The van der Waals surface area contributed by atoms with Crippen molar-refractivity contribution in [2.75, 3.05) is 27.9 Å². The first-order valence-corrected chi connectivity index (χ1v) is 15.8. The van der Waals surface area contributed by atoms with E-state index in [0.29, 0.717) is 32.1 Å². The van der Waals surface area contributed by atoms with E-state index in [9.17, 15) is 9.59 Å². The standard InChI is InChI=1S/C31H26I2N2O6S/c1-5-41-30(37)25-26(18-9-7-6-8-10-18)34-31-35(27(25)19-11-12-22(38-2)23(16-19)39-3)29(36)24(42-31)15-17-13-20(32)28(40-4)21(33)14-17/h6-16,27H,5H2,1-4H3/b24-15-/t27-/m0/s1. The number of benzene rings is 3. The van der Waals surface area contributed by atoms with Gasteiger partial charge in [-0.05, 0) is 93.6 Å². The van der Waals surface area contributed by atoms with Crippen LogP contribution < -0.4 is 29.1 Å². The van der Waals surface area contributed by atoms with E-state index < -0.39 is 12.0 Å². The van der Waals surface area contributed by atoms with Gasteiger partial charge in [0.05, 0.1) is 56.9 Å². The summed E-state index contributed by atoms with van der Waals surface area (Å²) in [6.07, 6.45) is 1.84. The number of methoxy groups -OCH3 is 3. The molecule has 1 aromatic heterocycles. The van der Waals surface area contributed by atoms with E-state index in [-0.39, 0.29) is 17.7 Å². The SMILES string of the molecule is CCOC(=O)C1=C(c2ccccc2)N=c2s/c(=C\c3cc(I)c(OC)c(I)c3)c(=O)n2[C@H]1c1ccc(OC)c(OC)c1. The number of carbonyl (C=O) groups excluding carboxylic acids is 1. The molecule has 2 heterocycles. The summed E-state index contributed by atoms with van der Waals surface area (Å²) in [5, 5.41) is 0. The van der Waals surface area contributed by atoms with Gasteiger partial charge in [0.2, 0.25) is 0 Å². The second kappa shape index (κ2) is 13.0. The van der Waals surface area contributed by atoms with Gasteiger partial charge in [0.1, 0.15) is 5.75 Å². The number of ether oxygens (including phenoxy) is 4. The molecule has 0 unspecified atom stereocenters. The van der Waals surface area contributed by atoms with Crippen molar-refractivity contribution in [1.82, 2.24) is 4.57 Å². The minimum atomic E-state index is -0.825. The molecule has 1 aliphatic heterocycles. The van der Waals surface area contributed by atoms with E-state index in [1.165, 1.54) is 11.3 Å². The Balaban J connectivity index is 1.83. The number of aromatic nitrogens is 1. The molecule has 5 rings (SSSR count). The average molecular weight is 808 g/mol. The van der Waals surface area contributed by atoms with Gasteiger partial charge >= 0.3 is 5.97 Å². The zero-order chi connectivity index (χ0) is 30.0. The molecule has 0 fully saturated rings. The number of fused-ring (bicyclic) bond motifs is 1. The zero-order valence-corrected chi connectivity index (χ0v) is 28.3. The molecule has 0 bridgehead atoms. The minimum absolute atomic E-state index is 0.169. The molecule has 0 aliphatic carbocycles. The highest BCUT2D eigenvalue weighted by Gasteiger charge is 2.35. The Kier molecular flexibility index (Phi) is 9.38. The van der Waals surface area contributed by atoms with Crippen LogP contribution in [0.4, 0.5) is 0 Å². The number of halogens is 2. The molecule has 0 saturated carbocycles. The summed E-state index contributed by atoms with van der Waals surface area (Å²) < 4.78 is 26.0. The zero-order valence-electron chi connectivity index (χ0n) is 23.1. The van der Waals surface area contributed by atoms with Crippen LogP contribution >= 0.6 is 56.5 Å². The highest BCUT2D eigenvalue weighted by molar-refractivity contribution is 14.1. The number of rotatable bonds is 8. The third-order valence-electron chi connectivity index (χ3n) is 6.62. The Labute approximate surface area is 273 Å². The first-order valence-electron chi connectivity index (χ1n) is 12.8. The highest BCUT2D eigenvalue weighted by atomic mass is 127. The lowest BCUT2D eigenvalue weighted by atomic mass is 9.93. The second-order valence-electron chi connectivity index (χ2n) is 9.06. The predicted octanol–water partition coefficient (Wildman–Crippen LogP) is 5.17. The first kappa shape index (κ1) is 30.3. The molecule has 0 saturated heterocycles. The molecule has 0 amide bonds. The molecule has 11 heteroatoms. The van der Waals surface area contributed by atoms with Gasteiger partial charge in [-0.2, -0.15) is 0 Å². The quantitative estimate of drug-likeness (QED) is 0.181. The Morgan fingerprint density at radius 3 is 2.29 bits per heavy atom. The Bertz CT molecular complexity index is 1860. The molecule has 0 N–H and O–H groups in total. The number of carbonyl (C=O) groups is 1. The fourth-order valence-electron chi connectivity index (χ4n) is 4.79. The molecule has 3 aromatic carbocycles. The molecule has 216 valence electrons. The van der Waals surface area contributed by atoms with Crippen molar-refractivity contribution >= 4 is 74.3 Å². The number of hydrogen-bond donors (Lipinski definition) is 0. The predicted molar refractivity (Wildman–Crippen MR) is 179 cm³/mol. The van der Waals surface area contributed by atoms with Gasteiger partial charge in [-0.15, -0.1) is 0 Å². The monoisotopic (exact) mass is 808 g/mol. The minimum Gasteiger partial charge on any atom is -0.495 e. The average Bonchev–Trinajstić information content (AvgIpc) is 3.30. The van der Waals surface area contributed by atoms with E-state index in [1.807, 2.05) is 54.6 Å². The Hall–Kier alpha value is -3.17. The lowest BCUT2D eigenvalue weighted by molar-refractivity contribution is -0.138. The maximum atomic E-state index is 14.2. The number of thiazole rings is 1. The topological polar surface area (TPSA) is 88.4 Å². The van der Waals surface area contributed by atoms with Crippen LogP contribution in [0, 0.1) is 7.14 Å². The summed E-state index contributed by atoms with van der Waals surface area (Å²) in [5.74, 6) is 1.24. The van der Waals surface area contributed by atoms with E-state index in [2.05, 4.69) is 45.2 Å². The van der Waals surface area contributed by atoms with Crippen molar-refractivity contribution in [2.24, 2.45) is 4.99 Å². The van der Waals surface area contributed by atoms with Gasteiger partial charge in [-0.25, -0.2) is 9.79 Å². The van der Waals surface area contributed by atoms with E-state index >= 15 is 0 Å². The molecule has 0 spiro atoms. The Morgan fingerprint density at radius 1 is 0.976 bits per heavy atom. The molecule has 1 atom stereocenters. The van der Waals surface area contributed by atoms with Gasteiger partial charge in [0.15, 0.2) is 16.3 Å². The normalized spacial score (nSPS) is 14.7. The van der Waals surface area contributed by atoms with Crippen LogP contribution in [0.15, 0.2) is 76.0 Å². The molecular formula is C31H26I2N2O6S. The number of esters is 1. The number of hydrogen-bond acceptors (Lipinski definition) is 8. The summed E-state index contributed by atoms with van der Waals surface area (Å²) in [6.45, 7) is 1.92. The first-order chi connectivity index (χ1) is 20.3. The molecule has 0 radical (unpaired) electrons. The van der Waals surface area contributed by atoms with Crippen LogP contribution in [0.25, 0.3) is 11.8 Å². The lowest BCUT2D eigenvalue weighted by Crippen LogP contribution is -2.40. The fourth-order valence-corrected chi connectivity index (χ4v) is 8.05. The van der Waals surface area contributed by atoms with Gasteiger partial charge in [0, 0.05) is 5.56 Å². The van der Waals surface area contributed by atoms with Gasteiger partial charge < -0.3 is 18.9 Å². The third-order valence-corrected chi connectivity index (χ3v) is 9.21. The molecular weight excluding hydrogens is 782 g/mol. The summed E-state index contributed by atoms with van der Waals surface area (Å²) in [5.41, 5.74) is 2.69. The van der Waals surface area contributed by atoms with Gasteiger partial charge in [-0.1, -0.05) is 47.7 Å². The third kappa shape index (κ3) is 5.73. The van der Waals surface area contributed by atoms with Crippen molar-refractivity contribution in [3.05, 3.63) is 110 Å². The van der Waals surface area contributed by atoms with Crippen molar-refractivity contribution in [1.29, 1.82) is 0 Å². The van der Waals surface area contributed by atoms with Gasteiger partial charge in [-0.3, -0.25) is 9.36 Å². The number of nitrogens with zero attached hydrogens (tertiary/aromatic N) is 2. The lowest BCUT2D eigenvalue weighted by Gasteiger charge is -2.26. The fraction of sp³-hybridized carbons (Fsp3) is 0.194. The van der Waals surface area contributed by atoms with Crippen LogP contribution in [-0.2, 0) is 9.53 Å². The van der Waals surface area contributed by atoms with Crippen LogP contribution in [0.2, 0.25) is 0 Å². The van der Waals surface area contributed by atoms with Crippen LogP contribution in [-0.4, -0.2) is 38.5 Å². The van der Waals surface area contributed by atoms with Crippen molar-refractivity contribution in [3.63, 3.8) is 0 Å². The second-order valence-corrected chi connectivity index (χ2v) is 12.4. The Morgan fingerprint density at radius 2 is 1.67 bits per heavy atom. The van der Waals surface area contributed by atoms with Crippen LogP contribution in [0.5, 0.6) is 17.2 Å². The summed E-state index contributed by atoms with van der Waals surface area (Å²) >= 11 is 5.71. The van der Waals surface area contributed by atoms with Crippen molar-refractivity contribution < 1.29 is 23.7 Å². The maximum Gasteiger partial charge on any atom is 0.338 e. The summed E-state index contributed by atoms with van der Waals surface area (Å²) in [6, 6.07) is 17.9. The van der Waals surface area contributed by atoms with E-state index in [1.54, 1.807) is 45.0 Å². The summed E-state index contributed by atoms with van der Waals surface area (Å²) in [4.78, 5) is 33.2. The van der Waals surface area contributed by atoms with Crippen molar-refractivity contribution in [3.8, 4) is 17.2 Å². The van der Waals surface area contributed by atoms with Crippen LogP contribution in [0.1, 0.15) is 29.7 Å². The molecule has 4 aromatic rings. The van der Waals surface area contributed by atoms with E-state index in [4.69, 9.17) is 23.9 Å². The largest absolute Gasteiger partial charge is 0.495 e. The smallest absolute Gasteiger partial charge is 0.338 e. The van der Waals surface area contributed by atoms with Gasteiger partial charge in [0.25, 0.3) is 5.56 Å². The van der Waals surface area contributed by atoms with E-state index in [0.717, 1.165) is 24.0 Å². The molecule has 8 nitrogen and oxygen atoms in total. The molecule has 1 aliphatic rings.